The van der Waals surface area contributed by atoms with Gasteiger partial charge in [-0.2, -0.15) is 8.42 Å². The summed E-state index contributed by atoms with van der Waals surface area (Å²) in [6.45, 7) is 0. The maximum Gasteiger partial charge on any atom is 0.295 e. The molecule has 0 saturated heterocycles. The largest absolute Gasteiger partial charge is 0.295 e. The minimum Gasteiger partial charge on any atom is -0.282 e. The van der Waals surface area contributed by atoms with Crippen LogP contribution in [0.5, 0.6) is 0 Å². The van der Waals surface area contributed by atoms with Gasteiger partial charge in [0.1, 0.15) is 16.5 Å². The summed E-state index contributed by atoms with van der Waals surface area (Å²) in [4.78, 5) is -0.394. The number of rotatable bonds is 2. The quantitative estimate of drug-likeness (QED) is 0.854. The Morgan fingerprint density at radius 3 is 2.06 bits per heavy atom. The fourth-order valence-corrected chi connectivity index (χ4v) is 2.35. The SMILES string of the molecule is O=S(=O)(O)c1ccccc1-c1cc(F)cc(F)c1. The highest BCUT2D eigenvalue weighted by Crippen LogP contribution is 2.28. The van der Waals surface area contributed by atoms with Crippen LogP contribution in [-0.4, -0.2) is 13.0 Å². The molecule has 0 atom stereocenters. The van der Waals surface area contributed by atoms with E-state index in [4.69, 9.17) is 4.55 Å². The Labute approximate surface area is 102 Å². The van der Waals surface area contributed by atoms with Crippen molar-refractivity contribution in [2.45, 2.75) is 4.90 Å². The fourth-order valence-electron chi connectivity index (χ4n) is 1.64. The van der Waals surface area contributed by atoms with Crippen LogP contribution in [0.2, 0.25) is 0 Å². The Bertz CT molecular complexity index is 676. The zero-order chi connectivity index (χ0) is 13.3. The lowest BCUT2D eigenvalue weighted by Gasteiger charge is -2.07. The third-order valence-electron chi connectivity index (χ3n) is 2.34. The summed E-state index contributed by atoms with van der Waals surface area (Å²) in [6, 6.07) is 8.10. The van der Waals surface area contributed by atoms with Crippen LogP contribution in [0.4, 0.5) is 8.78 Å². The van der Waals surface area contributed by atoms with Crippen molar-refractivity contribution in [3.63, 3.8) is 0 Å². The highest BCUT2D eigenvalue weighted by Gasteiger charge is 2.16. The predicted octanol–water partition coefficient (Wildman–Crippen LogP) is 2.88. The van der Waals surface area contributed by atoms with Crippen molar-refractivity contribution in [1.82, 2.24) is 0 Å². The topological polar surface area (TPSA) is 54.4 Å². The first-order chi connectivity index (χ1) is 8.38. The Morgan fingerprint density at radius 2 is 1.50 bits per heavy atom. The van der Waals surface area contributed by atoms with Crippen molar-refractivity contribution in [1.29, 1.82) is 0 Å². The van der Waals surface area contributed by atoms with Crippen molar-refractivity contribution >= 4 is 10.1 Å². The van der Waals surface area contributed by atoms with Gasteiger partial charge < -0.3 is 0 Å². The van der Waals surface area contributed by atoms with Crippen molar-refractivity contribution in [3.05, 3.63) is 54.1 Å². The number of benzene rings is 2. The van der Waals surface area contributed by atoms with Gasteiger partial charge in [0.05, 0.1) is 0 Å². The van der Waals surface area contributed by atoms with Gasteiger partial charge in [-0.3, -0.25) is 4.55 Å². The molecule has 3 nitrogen and oxygen atoms in total. The molecule has 1 N–H and O–H groups in total. The summed E-state index contributed by atoms with van der Waals surface area (Å²) < 4.78 is 57.6. The molecule has 0 fully saturated rings. The molecule has 0 radical (unpaired) electrons. The molecule has 0 aliphatic rings. The first-order valence-electron chi connectivity index (χ1n) is 4.91. The summed E-state index contributed by atoms with van der Waals surface area (Å²) in [7, 11) is -4.45. The van der Waals surface area contributed by atoms with Gasteiger partial charge in [0, 0.05) is 11.6 Å². The van der Waals surface area contributed by atoms with Gasteiger partial charge in [-0.25, -0.2) is 8.78 Å². The first kappa shape index (κ1) is 12.7. The highest BCUT2D eigenvalue weighted by molar-refractivity contribution is 7.86. The van der Waals surface area contributed by atoms with Gasteiger partial charge in [0.25, 0.3) is 10.1 Å². The third kappa shape index (κ3) is 2.55. The van der Waals surface area contributed by atoms with Crippen molar-refractivity contribution in [3.8, 4) is 11.1 Å². The molecule has 0 aliphatic carbocycles. The predicted molar refractivity (Wildman–Crippen MR) is 61.6 cm³/mol. The fraction of sp³-hybridized carbons (Fsp3) is 0. The maximum atomic E-state index is 13.1. The molecule has 0 amide bonds. The lowest BCUT2D eigenvalue weighted by atomic mass is 10.1. The number of hydrogen-bond donors (Lipinski definition) is 1. The van der Waals surface area contributed by atoms with Crippen LogP contribution in [0.3, 0.4) is 0 Å². The first-order valence-corrected chi connectivity index (χ1v) is 6.35. The van der Waals surface area contributed by atoms with Crippen LogP contribution in [0.25, 0.3) is 11.1 Å². The number of halogens is 2. The molecule has 6 heteroatoms. The van der Waals surface area contributed by atoms with E-state index in [-0.39, 0.29) is 11.1 Å². The van der Waals surface area contributed by atoms with Crippen molar-refractivity contribution < 1.29 is 21.8 Å². The monoisotopic (exact) mass is 270 g/mol. The molecule has 0 aromatic heterocycles. The van der Waals surface area contributed by atoms with Crippen LogP contribution in [0.1, 0.15) is 0 Å². The van der Waals surface area contributed by atoms with E-state index < -0.39 is 26.6 Å². The summed E-state index contributed by atoms with van der Waals surface area (Å²) >= 11 is 0. The van der Waals surface area contributed by atoms with Gasteiger partial charge in [0.2, 0.25) is 0 Å². The van der Waals surface area contributed by atoms with E-state index in [2.05, 4.69) is 0 Å². The van der Waals surface area contributed by atoms with E-state index in [1.54, 1.807) is 0 Å². The van der Waals surface area contributed by atoms with Crippen LogP contribution in [0, 0.1) is 11.6 Å². The van der Waals surface area contributed by atoms with Crippen LogP contribution < -0.4 is 0 Å². The Balaban J connectivity index is 2.72. The van der Waals surface area contributed by atoms with E-state index in [1.807, 2.05) is 0 Å². The van der Waals surface area contributed by atoms with Gasteiger partial charge in [-0.05, 0) is 23.8 Å². The van der Waals surface area contributed by atoms with Gasteiger partial charge in [0.15, 0.2) is 0 Å². The van der Waals surface area contributed by atoms with Gasteiger partial charge in [-0.1, -0.05) is 18.2 Å². The van der Waals surface area contributed by atoms with Crippen LogP contribution in [-0.2, 0) is 10.1 Å². The standard InChI is InChI=1S/C12H8F2O3S/c13-9-5-8(6-10(14)7-9)11-3-1-2-4-12(11)18(15,16)17/h1-7H,(H,15,16,17). The second-order valence-electron chi connectivity index (χ2n) is 3.63. The summed E-state index contributed by atoms with van der Waals surface area (Å²) in [5, 5.41) is 0. The molecule has 2 rings (SSSR count). The molecule has 0 saturated carbocycles. The molecule has 2 aromatic rings. The lowest BCUT2D eigenvalue weighted by Crippen LogP contribution is -2.00. The Kier molecular flexibility index (Phi) is 3.14. The minimum atomic E-state index is -4.45. The Morgan fingerprint density at radius 1 is 0.944 bits per heavy atom. The third-order valence-corrected chi connectivity index (χ3v) is 3.25. The second-order valence-corrected chi connectivity index (χ2v) is 5.02. The second kappa shape index (κ2) is 4.47. The molecular weight excluding hydrogens is 262 g/mol. The zero-order valence-electron chi connectivity index (χ0n) is 8.97. The van der Waals surface area contributed by atoms with Crippen molar-refractivity contribution in [2.24, 2.45) is 0 Å². The van der Waals surface area contributed by atoms with E-state index in [1.165, 1.54) is 18.2 Å². The molecule has 0 heterocycles. The summed E-state index contributed by atoms with van der Waals surface area (Å²) in [6.07, 6.45) is 0. The summed E-state index contributed by atoms with van der Waals surface area (Å²) in [5.74, 6) is -1.65. The number of hydrogen-bond acceptors (Lipinski definition) is 2. The smallest absolute Gasteiger partial charge is 0.282 e. The molecule has 18 heavy (non-hydrogen) atoms. The minimum absolute atomic E-state index is 0.0402. The molecule has 2 aromatic carbocycles. The average molecular weight is 270 g/mol. The molecule has 94 valence electrons. The highest BCUT2D eigenvalue weighted by atomic mass is 32.2. The normalized spacial score (nSPS) is 11.5. The Hall–Kier alpha value is -1.79. The summed E-state index contributed by atoms with van der Waals surface area (Å²) in [5.41, 5.74) is 0.0825. The van der Waals surface area contributed by atoms with Crippen LogP contribution >= 0.6 is 0 Å². The molecular formula is C12H8F2O3S. The van der Waals surface area contributed by atoms with Crippen LogP contribution in [0.15, 0.2) is 47.4 Å². The van der Waals surface area contributed by atoms with Crippen molar-refractivity contribution in [2.75, 3.05) is 0 Å². The average Bonchev–Trinajstić information content (AvgIpc) is 2.26. The van der Waals surface area contributed by atoms with E-state index in [0.717, 1.165) is 18.2 Å². The molecule has 0 aliphatic heterocycles. The molecule has 0 bridgehead atoms. The van der Waals surface area contributed by atoms with Gasteiger partial charge in [-0.15, -0.1) is 0 Å². The molecule has 0 unspecified atom stereocenters. The van der Waals surface area contributed by atoms with Gasteiger partial charge >= 0.3 is 0 Å². The lowest BCUT2D eigenvalue weighted by molar-refractivity contribution is 0.483. The zero-order valence-corrected chi connectivity index (χ0v) is 9.79. The van der Waals surface area contributed by atoms with E-state index in [9.17, 15) is 17.2 Å². The molecule has 0 spiro atoms. The maximum absolute atomic E-state index is 13.1. The van der Waals surface area contributed by atoms with E-state index in [0.29, 0.717) is 6.07 Å². The van der Waals surface area contributed by atoms with E-state index >= 15 is 0 Å².